The van der Waals surface area contributed by atoms with E-state index >= 15 is 0 Å². The zero-order valence-corrected chi connectivity index (χ0v) is 22.0. The molecule has 0 aliphatic carbocycles. The summed E-state index contributed by atoms with van der Waals surface area (Å²) in [5.41, 5.74) is 5.77. The first-order chi connectivity index (χ1) is 17.2. The molecule has 4 rings (SSSR count). The number of hydrogen-bond acceptors (Lipinski definition) is 4. The number of benzene rings is 4. The van der Waals surface area contributed by atoms with E-state index in [0.717, 1.165) is 22.4 Å². The fraction of sp³-hybridized carbons (Fsp3) is 0.138. The summed E-state index contributed by atoms with van der Waals surface area (Å²) >= 11 is 1.75. The van der Waals surface area contributed by atoms with E-state index in [-0.39, 0.29) is 10.8 Å². The normalized spacial score (nSPS) is 11.2. The van der Waals surface area contributed by atoms with Crippen molar-refractivity contribution in [2.45, 2.75) is 36.3 Å². The summed E-state index contributed by atoms with van der Waals surface area (Å²) in [6, 6.07) is 27.6. The molecule has 184 valence electrons. The number of aryl methyl sites for hydroxylation is 3. The third-order valence-electron chi connectivity index (χ3n) is 5.70. The van der Waals surface area contributed by atoms with Crippen molar-refractivity contribution in [3.63, 3.8) is 0 Å². The Labute approximate surface area is 217 Å². The Bertz CT molecular complexity index is 1460. The first-order valence-corrected chi connectivity index (χ1v) is 14.0. The quantitative estimate of drug-likeness (QED) is 0.248. The van der Waals surface area contributed by atoms with Gasteiger partial charge < -0.3 is 5.32 Å². The predicted octanol–water partition coefficient (Wildman–Crippen LogP) is 6.96. The molecule has 0 radical (unpaired) electrons. The molecule has 5 nitrogen and oxygen atoms in total. The second-order valence-electron chi connectivity index (χ2n) is 8.70. The molecule has 4 aromatic carbocycles. The number of anilines is 2. The molecule has 7 heteroatoms. The monoisotopic (exact) mass is 516 g/mol. The van der Waals surface area contributed by atoms with Crippen LogP contribution in [-0.2, 0) is 15.8 Å². The van der Waals surface area contributed by atoms with Gasteiger partial charge in [0.25, 0.3) is 15.9 Å². The Kier molecular flexibility index (Phi) is 7.82. The van der Waals surface area contributed by atoms with Crippen LogP contribution < -0.4 is 10.0 Å². The minimum Gasteiger partial charge on any atom is -0.322 e. The van der Waals surface area contributed by atoms with Crippen molar-refractivity contribution < 1.29 is 13.2 Å². The van der Waals surface area contributed by atoms with Crippen LogP contribution in [0.3, 0.4) is 0 Å². The van der Waals surface area contributed by atoms with E-state index in [9.17, 15) is 13.2 Å². The first kappa shape index (κ1) is 25.5. The summed E-state index contributed by atoms with van der Waals surface area (Å²) in [6.07, 6.45) is 0. The highest BCUT2D eigenvalue weighted by Gasteiger charge is 2.16. The third kappa shape index (κ3) is 6.56. The number of amides is 1. The number of carbonyl (C=O) groups is 1. The highest BCUT2D eigenvalue weighted by molar-refractivity contribution is 7.98. The second kappa shape index (κ2) is 11.0. The average Bonchev–Trinajstić information content (AvgIpc) is 2.86. The molecular weight excluding hydrogens is 488 g/mol. The number of rotatable bonds is 8. The maximum atomic E-state index is 12.8. The largest absolute Gasteiger partial charge is 0.322 e. The maximum Gasteiger partial charge on any atom is 0.261 e. The molecule has 0 aliphatic heterocycles. The Morgan fingerprint density at radius 3 is 2.08 bits per heavy atom. The molecule has 36 heavy (non-hydrogen) atoms. The zero-order valence-electron chi connectivity index (χ0n) is 20.4. The lowest BCUT2D eigenvalue weighted by Crippen LogP contribution is -2.15. The van der Waals surface area contributed by atoms with Crippen LogP contribution in [0.1, 0.15) is 32.6 Å². The summed E-state index contributed by atoms with van der Waals surface area (Å²) in [5.74, 6) is 0.564. The van der Waals surface area contributed by atoms with Crippen molar-refractivity contribution in [1.82, 2.24) is 0 Å². The molecule has 2 N–H and O–H groups in total. The number of thioether (sulfide) groups is 1. The van der Waals surface area contributed by atoms with E-state index in [4.69, 9.17) is 0 Å². The van der Waals surface area contributed by atoms with Crippen molar-refractivity contribution in [3.8, 4) is 0 Å². The smallest absolute Gasteiger partial charge is 0.261 e. The van der Waals surface area contributed by atoms with E-state index in [1.165, 1.54) is 22.6 Å². The Hall–Kier alpha value is -3.55. The topological polar surface area (TPSA) is 75.3 Å². The SMILES string of the molecule is Cc1ccc(SCc2ccc(C(=O)Nc3ccc(S(=O)(=O)Nc4cc(C)ccc4C)cc3)cc2)cc1. The van der Waals surface area contributed by atoms with Crippen LogP contribution in [-0.4, -0.2) is 14.3 Å². The molecule has 0 spiro atoms. The van der Waals surface area contributed by atoms with Crippen LogP contribution in [0, 0.1) is 20.8 Å². The van der Waals surface area contributed by atoms with Gasteiger partial charge in [-0.15, -0.1) is 11.8 Å². The van der Waals surface area contributed by atoms with Crippen LogP contribution in [0.4, 0.5) is 11.4 Å². The minimum absolute atomic E-state index is 0.122. The van der Waals surface area contributed by atoms with Crippen LogP contribution in [0.2, 0.25) is 0 Å². The van der Waals surface area contributed by atoms with Gasteiger partial charge in [0, 0.05) is 21.9 Å². The van der Waals surface area contributed by atoms with Gasteiger partial charge in [-0.3, -0.25) is 9.52 Å². The molecule has 0 aliphatic rings. The number of sulfonamides is 1. The maximum absolute atomic E-state index is 12.8. The Balaban J connectivity index is 1.36. The summed E-state index contributed by atoms with van der Waals surface area (Å²) in [7, 11) is -3.75. The van der Waals surface area contributed by atoms with Crippen LogP contribution in [0.25, 0.3) is 0 Å². The molecule has 4 aromatic rings. The highest BCUT2D eigenvalue weighted by atomic mass is 32.2. The lowest BCUT2D eigenvalue weighted by atomic mass is 10.1. The third-order valence-corrected chi connectivity index (χ3v) is 8.17. The van der Waals surface area contributed by atoms with Gasteiger partial charge in [0.15, 0.2) is 0 Å². The van der Waals surface area contributed by atoms with Crippen LogP contribution >= 0.6 is 11.8 Å². The Morgan fingerprint density at radius 2 is 1.42 bits per heavy atom. The van der Waals surface area contributed by atoms with Crippen molar-refractivity contribution in [2.24, 2.45) is 0 Å². The van der Waals surface area contributed by atoms with E-state index < -0.39 is 10.0 Å². The summed E-state index contributed by atoms with van der Waals surface area (Å²) < 4.78 is 28.3. The van der Waals surface area contributed by atoms with Crippen LogP contribution in [0.15, 0.2) is 101 Å². The van der Waals surface area contributed by atoms with Crippen molar-refractivity contribution in [1.29, 1.82) is 0 Å². The van der Waals surface area contributed by atoms with Gasteiger partial charge in [-0.05, 0) is 92.1 Å². The Morgan fingerprint density at radius 1 is 0.778 bits per heavy atom. The average molecular weight is 517 g/mol. The molecule has 0 saturated carbocycles. The molecule has 0 saturated heterocycles. The van der Waals surface area contributed by atoms with Gasteiger partial charge in [0.1, 0.15) is 0 Å². The van der Waals surface area contributed by atoms with Gasteiger partial charge in [0.05, 0.1) is 10.6 Å². The highest BCUT2D eigenvalue weighted by Crippen LogP contribution is 2.24. The first-order valence-electron chi connectivity index (χ1n) is 11.5. The van der Waals surface area contributed by atoms with Crippen molar-refractivity contribution in [2.75, 3.05) is 10.0 Å². The van der Waals surface area contributed by atoms with E-state index in [2.05, 4.69) is 41.2 Å². The molecule has 0 unspecified atom stereocenters. The lowest BCUT2D eigenvalue weighted by molar-refractivity contribution is 0.102. The van der Waals surface area contributed by atoms with Crippen LogP contribution in [0.5, 0.6) is 0 Å². The zero-order chi connectivity index (χ0) is 25.7. The minimum atomic E-state index is -3.75. The van der Waals surface area contributed by atoms with Gasteiger partial charge in [0.2, 0.25) is 0 Å². The van der Waals surface area contributed by atoms with E-state index in [0.29, 0.717) is 16.9 Å². The van der Waals surface area contributed by atoms with Crippen molar-refractivity contribution >= 4 is 39.1 Å². The lowest BCUT2D eigenvalue weighted by Gasteiger charge is -2.12. The second-order valence-corrected chi connectivity index (χ2v) is 11.4. The molecule has 0 atom stereocenters. The fourth-order valence-corrected chi connectivity index (χ4v) is 5.50. The summed E-state index contributed by atoms with van der Waals surface area (Å²) in [5, 5.41) is 2.83. The predicted molar refractivity (Wildman–Crippen MR) is 148 cm³/mol. The molecular formula is C29H28N2O3S2. The van der Waals surface area contributed by atoms with E-state index in [1.807, 2.05) is 38.1 Å². The summed E-state index contributed by atoms with van der Waals surface area (Å²) in [4.78, 5) is 14.0. The molecule has 0 fully saturated rings. The molecule has 0 heterocycles. The van der Waals surface area contributed by atoms with Gasteiger partial charge in [-0.25, -0.2) is 8.42 Å². The van der Waals surface area contributed by atoms with E-state index in [1.54, 1.807) is 42.1 Å². The molecule has 0 aromatic heterocycles. The fourth-order valence-electron chi connectivity index (χ4n) is 3.52. The number of hydrogen-bond donors (Lipinski definition) is 2. The number of carbonyl (C=O) groups excluding carboxylic acids is 1. The standard InChI is InChI=1S/C29H28N2O3S2/c1-20-5-14-26(15-6-20)35-19-23-8-10-24(11-9-23)29(32)30-25-12-16-27(17-13-25)36(33,34)31-28-18-21(2)4-7-22(28)3/h4-18,31H,19H2,1-3H3,(H,30,32). The summed E-state index contributed by atoms with van der Waals surface area (Å²) in [6.45, 7) is 5.83. The molecule has 0 bridgehead atoms. The molecule has 1 amide bonds. The number of nitrogens with one attached hydrogen (secondary N) is 2. The van der Waals surface area contributed by atoms with Crippen molar-refractivity contribution in [3.05, 3.63) is 119 Å². The van der Waals surface area contributed by atoms with Gasteiger partial charge in [-0.2, -0.15) is 0 Å². The van der Waals surface area contributed by atoms with Gasteiger partial charge >= 0.3 is 0 Å². The van der Waals surface area contributed by atoms with Gasteiger partial charge in [-0.1, -0.05) is 42.0 Å².